The Morgan fingerprint density at radius 2 is 1.72 bits per heavy atom. The van der Waals surface area contributed by atoms with Gasteiger partial charge in [0.15, 0.2) is 0 Å². The molecule has 0 aliphatic carbocycles. The molecule has 1 saturated heterocycles. The van der Waals surface area contributed by atoms with Crippen LogP contribution in [0.5, 0.6) is 0 Å². The van der Waals surface area contributed by atoms with Gasteiger partial charge in [-0.2, -0.15) is 4.31 Å². The van der Waals surface area contributed by atoms with Crippen LogP contribution >= 0.6 is 0 Å². The predicted octanol–water partition coefficient (Wildman–Crippen LogP) is 3.86. The lowest BCUT2D eigenvalue weighted by Gasteiger charge is -2.15. The first kappa shape index (κ1) is 20.7. The molecule has 0 aromatic heterocycles. The molecular formula is C24H23N3O4S. The zero-order valence-electron chi connectivity index (χ0n) is 17.7. The molecule has 32 heavy (non-hydrogen) atoms. The summed E-state index contributed by atoms with van der Waals surface area (Å²) in [5.74, 6) is -0.376. The van der Waals surface area contributed by atoms with Crippen LogP contribution in [0.3, 0.4) is 0 Å². The minimum Gasteiger partial charge on any atom is -0.321 e. The molecule has 2 amide bonds. The Labute approximate surface area is 186 Å². The van der Waals surface area contributed by atoms with Crippen molar-refractivity contribution >= 4 is 44.0 Å². The highest BCUT2D eigenvalue weighted by Gasteiger charge is 2.30. The van der Waals surface area contributed by atoms with Gasteiger partial charge in [0.1, 0.15) is 0 Å². The number of anilines is 2. The van der Waals surface area contributed by atoms with Crippen LogP contribution in [0.15, 0.2) is 59.5 Å². The number of hydrogen-bond acceptors (Lipinski definition) is 4. The summed E-state index contributed by atoms with van der Waals surface area (Å²) in [7, 11) is -3.52. The van der Waals surface area contributed by atoms with Gasteiger partial charge in [0.25, 0.3) is 11.8 Å². The van der Waals surface area contributed by atoms with Crippen LogP contribution in [-0.2, 0) is 10.0 Å². The number of amides is 2. The van der Waals surface area contributed by atoms with Crippen molar-refractivity contribution in [1.29, 1.82) is 0 Å². The van der Waals surface area contributed by atoms with Gasteiger partial charge in [0.2, 0.25) is 10.0 Å². The standard InChI is InChI=1S/C24H23N3O4S/c1-2-27-21-7-5-6-18-20(13-12-19(22(18)21)24(27)29)25-23(28)16-8-10-17(11-9-16)32(30,31)26-14-3-4-15-26/h5-13H,2-4,14-15H2,1H3,(H,25,28). The molecule has 0 bridgehead atoms. The Hall–Kier alpha value is -3.23. The van der Waals surface area contributed by atoms with Crippen molar-refractivity contribution in [2.24, 2.45) is 0 Å². The lowest BCUT2D eigenvalue weighted by Crippen LogP contribution is -2.27. The van der Waals surface area contributed by atoms with E-state index in [4.69, 9.17) is 0 Å². The predicted molar refractivity (Wildman–Crippen MR) is 124 cm³/mol. The van der Waals surface area contributed by atoms with E-state index >= 15 is 0 Å². The molecule has 1 N–H and O–H groups in total. The lowest BCUT2D eigenvalue weighted by atomic mass is 10.0. The fourth-order valence-electron chi connectivity index (χ4n) is 4.52. The molecule has 0 radical (unpaired) electrons. The molecule has 2 heterocycles. The van der Waals surface area contributed by atoms with E-state index in [1.807, 2.05) is 25.1 Å². The van der Waals surface area contributed by atoms with Crippen molar-refractivity contribution in [2.45, 2.75) is 24.7 Å². The molecule has 2 aliphatic rings. The number of carbonyl (C=O) groups excluding carboxylic acids is 2. The van der Waals surface area contributed by atoms with Gasteiger partial charge in [-0.25, -0.2) is 8.42 Å². The smallest absolute Gasteiger partial charge is 0.258 e. The Morgan fingerprint density at radius 1 is 1.00 bits per heavy atom. The third-order valence-electron chi connectivity index (χ3n) is 6.17. The van der Waals surface area contributed by atoms with Crippen LogP contribution in [0.2, 0.25) is 0 Å². The Balaban J connectivity index is 1.43. The summed E-state index contributed by atoms with van der Waals surface area (Å²) in [5.41, 5.74) is 2.44. The van der Waals surface area contributed by atoms with Crippen LogP contribution in [0.4, 0.5) is 11.4 Å². The molecule has 2 aliphatic heterocycles. The fourth-order valence-corrected chi connectivity index (χ4v) is 6.04. The molecule has 7 nitrogen and oxygen atoms in total. The second kappa shape index (κ2) is 7.72. The van der Waals surface area contributed by atoms with Crippen LogP contribution in [0, 0.1) is 0 Å². The highest BCUT2D eigenvalue weighted by atomic mass is 32.2. The molecule has 0 saturated carbocycles. The molecule has 1 fully saturated rings. The Kier molecular flexibility index (Phi) is 4.98. The summed E-state index contributed by atoms with van der Waals surface area (Å²) in [4.78, 5) is 27.5. The summed E-state index contributed by atoms with van der Waals surface area (Å²) in [6, 6.07) is 15.2. The van der Waals surface area contributed by atoms with Crippen molar-refractivity contribution in [1.82, 2.24) is 4.31 Å². The maximum Gasteiger partial charge on any atom is 0.258 e. The van der Waals surface area contributed by atoms with Crippen LogP contribution in [0.1, 0.15) is 40.5 Å². The number of rotatable bonds is 5. The Morgan fingerprint density at radius 3 is 2.41 bits per heavy atom. The van der Waals surface area contributed by atoms with Crippen LogP contribution < -0.4 is 10.2 Å². The molecule has 8 heteroatoms. The van der Waals surface area contributed by atoms with E-state index in [0.29, 0.717) is 36.4 Å². The first-order valence-electron chi connectivity index (χ1n) is 10.7. The van der Waals surface area contributed by atoms with Crippen molar-refractivity contribution in [3.8, 4) is 0 Å². The maximum atomic E-state index is 12.9. The average molecular weight is 450 g/mol. The summed E-state index contributed by atoms with van der Waals surface area (Å²) in [6.45, 7) is 3.57. The summed E-state index contributed by atoms with van der Waals surface area (Å²) < 4.78 is 26.9. The van der Waals surface area contributed by atoms with Gasteiger partial charge in [0.05, 0.1) is 10.6 Å². The van der Waals surface area contributed by atoms with Crippen molar-refractivity contribution in [3.05, 3.63) is 65.7 Å². The van der Waals surface area contributed by atoms with Crippen molar-refractivity contribution in [2.75, 3.05) is 29.9 Å². The average Bonchev–Trinajstić information content (AvgIpc) is 3.44. The van der Waals surface area contributed by atoms with Crippen molar-refractivity contribution in [3.63, 3.8) is 0 Å². The fraction of sp³-hybridized carbons (Fsp3) is 0.250. The molecule has 164 valence electrons. The normalized spacial score (nSPS) is 16.2. The highest BCUT2D eigenvalue weighted by molar-refractivity contribution is 7.89. The summed E-state index contributed by atoms with van der Waals surface area (Å²) in [6.07, 6.45) is 1.74. The van der Waals surface area contributed by atoms with E-state index in [1.54, 1.807) is 17.0 Å². The van der Waals surface area contributed by atoms with Gasteiger partial charge in [-0.3, -0.25) is 9.59 Å². The molecule has 0 unspecified atom stereocenters. The van der Waals surface area contributed by atoms with E-state index in [1.165, 1.54) is 28.6 Å². The largest absolute Gasteiger partial charge is 0.321 e. The van der Waals surface area contributed by atoms with E-state index in [9.17, 15) is 18.0 Å². The third kappa shape index (κ3) is 3.18. The maximum absolute atomic E-state index is 12.9. The summed E-state index contributed by atoms with van der Waals surface area (Å²) in [5, 5.41) is 4.55. The van der Waals surface area contributed by atoms with E-state index in [2.05, 4.69) is 5.32 Å². The number of nitrogens with one attached hydrogen (secondary N) is 1. The van der Waals surface area contributed by atoms with E-state index in [0.717, 1.165) is 29.3 Å². The quantitative estimate of drug-likeness (QED) is 0.641. The molecule has 3 aromatic carbocycles. The second-order valence-electron chi connectivity index (χ2n) is 8.00. The van der Waals surface area contributed by atoms with Crippen LogP contribution in [0.25, 0.3) is 10.8 Å². The van der Waals surface area contributed by atoms with Gasteiger partial charge >= 0.3 is 0 Å². The number of sulfonamides is 1. The molecule has 0 atom stereocenters. The minimum atomic E-state index is -3.52. The molecular weight excluding hydrogens is 426 g/mol. The molecule has 0 spiro atoms. The topological polar surface area (TPSA) is 86.8 Å². The van der Waals surface area contributed by atoms with Gasteiger partial charge in [-0.15, -0.1) is 0 Å². The van der Waals surface area contributed by atoms with Crippen LogP contribution in [-0.4, -0.2) is 44.2 Å². The number of benzene rings is 3. The van der Waals surface area contributed by atoms with Gasteiger partial charge in [0, 0.05) is 47.2 Å². The highest BCUT2D eigenvalue weighted by Crippen LogP contribution is 2.40. The SMILES string of the molecule is CCN1C(=O)c2ccc(NC(=O)c3ccc(S(=O)(=O)N4CCCC4)cc3)c3cccc1c23. The first-order valence-corrected chi connectivity index (χ1v) is 12.1. The summed E-state index contributed by atoms with van der Waals surface area (Å²) >= 11 is 0. The third-order valence-corrected chi connectivity index (χ3v) is 8.08. The number of hydrogen-bond donors (Lipinski definition) is 1. The Bertz CT molecular complexity index is 1340. The number of nitrogens with zero attached hydrogens (tertiary/aromatic N) is 2. The zero-order valence-corrected chi connectivity index (χ0v) is 18.5. The van der Waals surface area contributed by atoms with Gasteiger partial charge < -0.3 is 10.2 Å². The van der Waals surface area contributed by atoms with Gasteiger partial charge in [-0.05, 0) is 62.2 Å². The number of carbonyl (C=O) groups is 2. The molecule has 3 aromatic rings. The van der Waals surface area contributed by atoms with Crippen molar-refractivity contribution < 1.29 is 18.0 Å². The molecule has 5 rings (SSSR count). The monoisotopic (exact) mass is 449 g/mol. The lowest BCUT2D eigenvalue weighted by molar-refractivity contribution is 0.0992. The second-order valence-corrected chi connectivity index (χ2v) is 9.94. The minimum absolute atomic E-state index is 0.0358. The first-order chi connectivity index (χ1) is 15.4. The zero-order chi connectivity index (χ0) is 22.5. The van der Waals surface area contributed by atoms with Gasteiger partial charge in [-0.1, -0.05) is 12.1 Å². The van der Waals surface area contributed by atoms with E-state index < -0.39 is 10.0 Å². The van der Waals surface area contributed by atoms with E-state index in [-0.39, 0.29) is 16.7 Å².